The molecule has 0 saturated carbocycles. The molecule has 0 saturated heterocycles. The van der Waals surface area contributed by atoms with E-state index in [2.05, 4.69) is 43.5 Å². The normalized spacial score (nSPS) is 12.7. The number of aliphatic hydroxyl groups excluding tert-OH is 2. The van der Waals surface area contributed by atoms with Gasteiger partial charge < -0.3 is 20.3 Å². The van der Waals surface area contributed by atoms with Crippen molar-refractivity contribution in [3.8, 4) is 0 Å². The van der Waals surface area contributed by atoms with Gasteiger partial charge in [0, 0.05) is 12.8 Å². The van der Waals surface area contributed by atoms with E-state index in [-0.39, 0.29) is 18.5 Å². The van der Waals surface area contributed by atoms with Gasteiger partial charge in [0.25, 0.3) is 0 Å². The zero-order valence-corrected chi connectivity index (χ0v) is 46.6. The quantitative estimate of drug-likeness (QED) is 0.0321. The molecule has 6 nitrogen and oxygen atoms in total. The molecule has 3 N–H and O–H groups in total. The fourth-order valence-corrected chi connectivity index (χ4v) is 9.73. The van der Waals surface area contributed by atoms with Crippen molar-refractivity contribution in [3.63, 3.8) is 0 Å². The Kier molecular flexibility index (Phi) is 57.5. The number of aliphatic hydroxyl groups is 2. The molecule has 0 bridgehead atoms. The molecule has 0 aromatic carbocycles. The van der Waals surface area contributed by atoms with Crippen molar-refractivity contribution in [3.05, 3.63) is 24.3 Å². The van der Waals surface area contributed by atoms with Gasteiger partial charge in [-0.05, 0) is 57.8 Å². The molecule has 2 unspecified atom stereocenters. The van der Waals surface area contributed by atoms with Gasteiger partial charge >= 0.3 is 5.97 Å². The minimum Gasteiger partial charge on any atom is -0.466 e. The first-order chi connectivity index (χ1) is 34.0. The number of ether oxygens (including phenoxy) is 1. The number of amides is 1. The zero-order valence-electron chi connectivity index (χ0n) is 46.6. The van der Waals surface area contributed by atoms with Crippen LogP contribution in [0.3, 0.4) is 0 Å². The lowest BCUT2D eigenvalue weighted by Crippen LogP contribution is -2.45. The summed E-state index contributed by atoms with van der Waals surface area (Å²) in [6.45, 7) is 4.93. The summed E-state index contributed by atoms with van der Waals surface area (Å²) in [5.41, 5.74) is 0. The first kappa shape index (κ1) is 67.3. The number of esters is 1. The van der Waals surface area contributed by atoms with Crippen LogP contribution in [0.5, 0.6) is 0 Å². The highest BCUT2D eigenvalue weighted by molar-refractivity contribution is 5.76. The predicted octanol–water partition coefficient (Wildman–Crippen LogP) is 19.4. The third-order valence-corrected chi connectivity index (χ3v) is 14.5. The summed E-state index contributed by atoms with van der Waals surface area (Å²) < 4.78 is 5.48. The first-order valence-corrected chi connectivity index (χ1v) is 31.1. The topological polar surface area (TPSA) is 95.9 Å². The molecule has 408 valence electrons. The predicted molar refractivity (Wildman–Crippen MR) is 301 cm³/mol. The van der Waals surface area contributed by atoms with Crippen LogP contribution in [0.1, 0.15) is 341 Å². The van der Waals surface area contributed by atoms with Crippen molar-refractivity contribution in [2.24, 2.45) is 0 Å². The van der Waals surface area contributed by atoms with Crippen LogP contribution in [0.4, 0.5) is 0 Å². The van der Waals surface area contributed by atoms with Crippen LogP contribution in [0.2, 0.25) is 0 Å². The van der Waals surface area contributed by atoms with Crippen LogP contribution in [0.25, 0.3) is 0 Å². The molecule has 0 aromatic heterocycles. The minimum absolute atomic E-state index is 0.00471. The average Bonchev–Trinajstić information content (AvgIpc) is 3.35. The molecule has 0 rings (SSSR count). The van der Waals surface area contributed by atoms with Crippen molar-refractivity contribution in [2.45, 2.75) is 353 Å². The van der Waals surface area contributed by atoms with Crippen LogP contribution in [0, 0.1) is 0 Å². The number of rotatable bonds is 58. The largest absolute Gasteiger partial charge is 0.466 e. The summed E-state index contributed by atoms with van der Waals surface area (Å²) in [7, 11) is 0. The summed E-state index contributed by atoms with van der Waals surface area (Å²) in [6.07, 6.45) is 72.1. The Bertz CT molecular complexity index is 1080. The molecule has 0 aliphatic carbocycles. The minimum atomic E-state index is -0.659. The highest BCUT2D eigenvalue weighted by Gasteiger charge is 2.20. The fourth-order valence-electron chi connectivity index (χ4n) is 9.73. The maximum Gasteiger partial charge on any atom is 0.305 e. The van der Waals surface area contributed by atoms with Gasteiger partial charge in [-0.15, -0.1) is 0 Å². The summed E-state index contributed by atoms with van der Waals surface area (Å²) in [5, 5.41) is 23.1. The molecule has 0 heterocycles. The molecule has 0 aromatic rings. The van der Waals surface area contributed by atoms with Crippen LogP contribution >= 0.6 is 0 Å². The summed E-state index contributed by atoms with van der Waals surface area (Å²) in [4.78, 5) is 24.5. The maximum atomic E-state index is 12.4. The average molecular weight is 973 g/mol. The molecular weight excluding hydrogens is 851 g/mol. The van der Waals surface area contributed by atoms with Gasteiger partial charge in [0.15, 0.2) is 0 Å². The summed E-state index contributed by atoms with van der Waals surface area (Å²) in [6, 6.07) is -0.537. The third kappa shape index (κ3) is 55.5. The van der Waals surface area contributed by atoms with E-state index in [0.29, 0.717) is 25.9 Å². The van der Waals surface area contributed by atoms with Gasteiger partial charge in [-0.3, -0.25) is 9.59 Å². The number of allylic oxidation sites excluding steroid dienone is 4. The lowest BCUT2D eigenvalue weighted by atomic mass is 10.0. The van der Waals surface area contributed by atoms with E-state index in [1.54, 1.807) is 0 Å². The van der Waals surface area contributed by atoms with Gasteiger partial charge in [0.1, 0.15) is 0 Å². The second-order valence-corrected chi connectivity index (χ2v) is 21.4. The van der Waals surface area contributed by atoms with Crippen LogP contribution in [0.15, 0.2) is 24.3 Å². The summed E-state index contributed by atoms with van der Waals surface area (Å²) in [5.74, 6) is -0.0290. The SMILES string of the molecule is CCCCCC/C=C\C/C=C\CCCCCCCC(=O)OCCCCCCCCCCCCCCCCCCCCCCCCCCCCCC(=O)NC(CO)C(O)CCCCCCCCCCC. The molecule has 0 spiro atoms. The first-order valence-electron chi connectivity index (χ1n) is 31.1. The van der Waals surface area contributed by atoms with E-state index in [1.807, 2.05) is 0 Å². The Hall–Kier alpha value is -1.66. The highest BCUT2D eigenvalue weighted by atomic mass is 16.5. The number of carbonyl (C=O) groups is 2. The maximum absolute atomic E-state index is 12.4. The number of unbranched alkanes of at least 4 members (excludes halogenated alkanes) is 43. The van der Waals surface area contributed by atoms with E-state index in [9.17, 15) is 19.8 Å². The van der Waals surface area contributed by atoms with Crippen LogP contribution in [-0.4, -0.2) is 47.4 Å². The summed E-state index contributed by atoms with van der Waals surface area (Å²) >= 11 is 0. The van der Waals surface area contributed by atoms with Gasteiger partial charge in [0.05, 0.1) is 25.4 Å². The Morgan fingerprint density at radius 1 is 0.406 bits per heavy atom. The monoisotopic (exact) mass is 972 g/mol. The standard InChI is InChI=1S/C63H121NO5/c1-3-5-7-9-11-13-14-15-16-31-34-37-41-45-49-53-57-63(68)69-58-54-50-46-42-38-35-32-29-27-25-23-21-19-17-18-20-22-24-26-28-30-33-36-40-44-48-52-56-62(67)64-60(59-65)61(66)55-51-47-43-39-12-10-8-6-4-2/h13-14,16,31,60-61,65-66H,3-12,15,17-30,32-59H2,1-2H3,(H,64,67)/b14-13-,31-16-. The molecule has 0 fully saturated rings. The Morgan fingerprint density at radius 2 is 0.725 bits per heavy atom. The number of hydrogen-bond acceptors (Lipinski definition) is 5. The lowest BCUT2D eigenvalue weighted by molar-refractivity contribution is -0.143. The Morgan fingerprint density at radius 3 is 1.12 bits per heavy atom. The molecule has 1 amide bonds. The van der Waals surface area contributed by atoms with Crippen molar-refractivity contribution >= 4 is 11.9 Å². The van der Waals surface area contributed by atoms with E-state index in [0.717, 1.165) is 51.4 Å². The lowest BCUT2D eigenvalue weighted by Gasteiger charge is -2.22. The van der Waals surface area contributed by atoms with Crippen LogP contribution < -0.4 is 5.32 Å². The Labute approximate surface area is 431 Å². The van der Waals surface area contributed by atoms with Gasteiger partial charge in [-0.1, -0.05) is 295 Å². The molecule has 69 heavy (non-hydrogen) atoms. The molecule has 0 aliphatic heterocycles. The molecule has 0 radical (unpaired) electrons. The molecule has 2 atom stereocenters. The van der Waals surface area contributed by atoms with Gasteiger partial charge in [-0.25, -0.2) is 0 Å². The zero-order chi connectivity index (χ0) is 50.0. The van der Waals surface area contributed by atoms with E-state index < -0.39 is 12.1 Å². The van der Waals surface area contributed by atoms with Crippen molar-refractivity contribution in [1.29, 1.82) is 0 Å². The number of hydrogen-bond donors (Lipinski definition) is 3. The second-order valence-electron chi connectivity index (χ2n) is 21.4. The van der Waals surface area contributed by atoms with Crippen molar-refractivity contribution in [2.75, 3.05) is 13.2 Å². The van der Waals surface area contributed by atoms with Crippen molar-refractivity contribution in [1.82, 2.24) is 5.32 Å². The van der Waals surface area contributed by atoms with Gasteiger partial charge in [-0.2, -0.15) is 0 Å². The molecule has 0 aliphatic rings. The van der Waals surface area contributed by atoms with Crippen LogP contribution in [-0.2, 0) is 14.3 Å². The highest BCUT2D eigenvalue weighted by Crippen LogP contribution is 2.18. The smallest absolute Gasteiger partial charge is 0.305 e. The third-order valence-electron chi connectivity index (χ3n) is 14.5. The number of nitrogens with one attached hydrogen (secondary N) is 1. The van der Waals surface area contributed by atoms with Gasteiger partial charge in [0.2, 0.25) is 5.91 Å². The second kappa shape index (κ2) is 58.9. The van der Waals surface area contributed by atoms with E-state index in [1.165, 1.54) is 257 Å². The van der Waals surface area contributed by atoms with E-state index >= 15 is 0 Å². The Balaban J connectivity index is 3.32. The fraction of sp³-hybridized carbons (Fsp3) is 0.905. The van der Waals surface area contributed by atoms with Crippen molar-refractivity contribution < 1.29 is 24.5 Å². The molecule has 6 heteroatoms. The number of carbonyl (C=O) groups excluding carboxylic acids is 2. The molecular formula is C63H121NO5. The van der Waals surface area contributed by atoms with E-state index in [4.69, 9.17) is 4.74 Å².